The van der Waals surface area contributed by atoms with Crippen LogP contribution < -0.4 is 20.4 Å². The average molecular weight is 570 g/mol. The van der Waals surface area contributed by atoms with E-state index in [1.807, 2.05) is 6.07 Å². The maximum absolute atomic E-state index is 13.2. The molecular weight excluding hydrogens is 534 g/mol. The van der Waals surface area contributed by atoms with Crippen molar-refractivity contribution in [1.29, 1.82) is 0 Å². The van der Waals surface area contributed by atoms with Gasteiger partial charge in [0.15, 0.2) is 17.4 Å². The Kier molecular flexibility index (Phi) is 7.89. The molecule has 0 bridgehead atoms. The molecular formula is C31H35N7O4. The lowest BCUT2D eigenvalue weighted by Gasteiger charge is -2.38. The Morgan fingerprint density at radius 3 is 2.43 bits per heavy atom. The Labute approximate surface area is 244 Å². The second kappa shape index (κ2) is 12.1. The Morgan fingerprint density at radius 1 is 0.952 bits per heavy atom. The Morgan fingerprint density at radius 2 is 1.71 bits per heavy atom. The molecule has 2 N–H and O–H groups in total. The minimum Gasteiger partial charge on any atom is -0.448 e. The van der Waals surface area contributed by atoms with Crippen LogP contribution in [0.4, 0.5) is 17.1 Å². The normalized spacial score (nSPS) is 15.1. The summed E-state index contributed by atoms with van der Waals surface area (Å²) in [6.45, 7) is 7.56. The first-order valence-corrected chi connectivity index (χ1v) is 14.5. The maximum Gasteiger partial charge on any atom is 0.277 e. The Balaban J connectivity index is 1.16. The van der Waals surface area contributed by atoms with Crippen molar-refractivity contribution in [3.05, 3.63) is 83.2 Å². The summed E-state index contributed by atoms with van der Waals surface area (Å²) in [7, 11) is 0. The second-order valence-electron chi connectivity index (χ2n) is 10.9. The van der Waals surface area contributed by atoms with Gasteiger partial charge in [-0.05, 0) is 56.0 Å². The highest BCUT2D eigenvalue weighted by Crippen LogP contribution is 2.39. The molecule has 4 aromatic rings. The fraction of sp³-hybridized carbons (Fsp3) is 0.387. The van der Waals surface area contributed by atoms with E-state index in [1.165, 1.54) is 17.5 Å². The number of nitrogens with one attached hydrogen (secondary N) is 2. The largest absolute Gasteiger partial charge is 0.448 e. The van der Waals surface area contributed by atoms with E-state index in [0.717, 1.165) is 44.7 Å². The van der Waals surface area contributed by atoms with Crippen molar-refractivity contribution < 1.29 is 18.5 Å². The third-order valence-corrected chi connectivity index (χ3v) is 7.70. The molecule has 0 radical (unpaired) electrons. The van der Waals surface area contributed by atoms with Gasteiger partial charge in [0.2, 0.25) is 5.89 Å². The summed E-state index contributed by atoms with van der Waals surface area (Å²) < 4.78 is 10.5. The van der Waals surface area contributed by atoms with Crippen LogP contribution in [0.25, 0.3) is 0 Å². The van der Waals surface area contributed by atoms with Gasteiger partial charge in [-0.1, -0.05) is 23.4 Å². The highest BCUT2D eigenvalue weighted by molar-refractivity contribution is 6.06. The molecule has 2 aromatic carbocycles. The van der Waals surface area contributed by atoms with Crippen LogP contribution in [0.15, 0.2) is 57.7 Å². The van der Waals surface area contributed by atoms with E-state index in [9.17, 15) is 9.59 Å². The maximum atomic E-state index is 13.2. The molecule has 2 aliphatic rings. The quantitative estimate of drug-likeness (QED) is 0.265. The monoisotopic (exact) mass is 569 g/mol. The number of anilines is 3. The van der Waals surface area contributed by atoms with E-state index in [4.69, 9.17) is 8.94 Å². The van der Waals surface area contributed by atoms with Gasteiger partial charge in [0, 0.05) is 63.2 Å². The predicted octanol–water partition coefficient (Wildman–Crippen LogP) is 4.49. The van der Waals surface area contributed by atoms with Gasteiger partial charge in [-0.25, -0.2) is 4.98 Å². The van der Waals surface area contributed by atoms with E-state index in [2.05, 4.69) is 66.7 Å². The third kappa shape index (κ3) is 6.29. The van der Waals surface area contributed by atoms with Crippen LogP contribution in [-0.2, 0) is 6.42 Å². The number of piperazine rings is 1. The molecule has 1 saturated heterocycles. The SMILES string of the molecule is Cc1nc(CCCNC(=O)c2ccc(N3CCN(c4ccccc4C)CC3)c(NC(=O)c3coc(C4CC4)n3)c2)no1. The Hall–Kier alpha value is -4.67. The molecule has 2 amide bonds. The molecule has 2 fully saturated rings. The molecule has 218 valence electrons. The van der Waals surface area contributed by atoms with Crippen molar-refractivity contribution >= 4 is 28.9 Å². The van der Waals surface area contributed by atoms with Gasteiger partial charge < -0.3 is 29.4 Å². The summed E-state index contributed by atoms with van der Waals surface area (Å²) >= 11 is 0. The highest BCUT2D eigenvalue weighted by Gasteiger charge is 2.30. The van der Waals surface area contributed by atoms with Gasteiger partial charge >= 0.3 is 0 Å². The smallest absolute Gasteiger partial charge is 0.277 e. The highest BCUT2D eigenvalue weighted by atomic mass is 16.5. The third-order valence-electron chi connectivity index (χ3n) is 7.70. The molecule has 0 atom stereocenters. The number of aryl methyl sites for hydroxylation is 3. The lowest BCUT2D eigenvalue weighted by atomic mass is 10.1. The molecule has 0 spiro atoms. The molecule has 11 nitrogen and oxygen atoms in total. The fourth-order valence-electron chi connectivity index (χ4n) is 5.25. The minimum atomic E-state index is -0.363. The van der Waals surface area contributed by atoms with Crippen molar-refractivity contribution in [2.24, 2.45) is 0 Å². The van der Waals surface area contributed by atoms with Gasteiger partial charge in [-0.15, -0.1) is 0 Å². The predicted molar refractivity (Wildman–Crippen MR) is 158 cm³/mol. The first-order valence-electron chi connectivity index (χ1n) is 14.5. The number of carbonyl (C=O) groups is 2. The van der Waals surface area contributed by atoms with Crippen LogP contribution in [0.3, 0.4) is 0 Å². The second-order valence-corrected chi connectivity index (χ2v) is 10.9. The number of rotatable bonds is 10. The van der Waals surface area contributed by atoms with E-state index in [1.54, 1.807) is 19.1 Å². The summed E-state index contributed by atoms with van der Waals surface area (Å²) in [6, 6.07) is 13.9. The summed E-state index contributed by atoms with van der Waals surface area (Å²) in [4.78, 5) is 39.5. The number of oxazole rings is 1. The summed E-state index contributed by atoms with van der Waals surface area (Å²) in [5.41, 5.74) is 4.61. The first kappa shape index (κ1) is 27.5. The van der Waals surface area contributed by atoms with Crippen LogP contribution in [0.5, 0.6) is 0 Å². The van der Waals surface area contributed by atoms with Gasteiger partial charge in [0.1, 0.15) is 6.26 Å². The summed E-state index contributed by atoms with van der Waals surface area (Å²) in [6.07, 6.45) is 4.75. The lowest BCUT2D eigenvalue weighted by Crippen LogP contribution is -2.47. The number of nitrogens with zero attached hydrogens (tertiary/aromatic N) is 5. The number of benzene rings is 2. The van der Waals surface area contributed by atoms with E-state index >= 15 is 0 Å². The molecule has 1 aliphatic heterocycles. The molecule has 2 aromatic heterocycles. The minimum absolute atomic E-state index is 0.219. The first-order chi connectivity index (χ1) is 20.4. The molecule has 6 rings (SSSR count). The van der Waals surface area contributed by atoms with Gasteiger partial charge in [0.05, 0.1) is 11.4 Å². The van der Waals surface area contributed by atoms with Gasteiger partial charge in [0.25, 0.3) is 11.8 Å². The molecule has 1 aliphatic carbocycles. The van der Waals surface area contributed by atoms with Crippen LogP contribution >= 0.6 is 0 Å². The van der Waals surface area contributed by atoms with E-state index in [-0.39, 0.29) is 17.5 Å². The van der Waals surface area contributed by atoms with E-state index in [0.29, 0.717) is 54.2 Å². The van der Waals surface area contributed by atoms with Crippen molar-refractivity contribution in [3.8, 4) is 0 Å². The standard InChI is InChI=1S/C31H35N7O4/c1-20-6-3-4-7-26(20)37-14-16-38(17-15-37)27-12-11-23(29(39)32-13-5-8-28-33-21(2)42-36-28)18-24(27)34-30(40)25-19-41-31(35-25)22-9-10-22/h3-4,6-7,11-12,18-19,22H,5,8-10,13-17H2,1-2H3,(H,32,39)(H,34,40). The number of carbonyl (C=O) groups excluding carboxylic acids is 2. The number of aromatic nitrogens is 3. The van der Waals surface area contributed by atoms with Crippen LogP contribution in [-0.4, -0.2) is 59.7 Å². The zero-order valence-electron chi connectivity index (χ0n) is 23.9. The van der Waals surface area contributed by atoms with Gasteiger partial charge in [-0.2, -0.15) is 4.98 Å². The summed E-state index contributed by atoms with van der Waals surface area (Å²) in [5, 5.41) is 9.86. The number of para-hydroxylation sites is 1. The van der Waals surface area contributed by atoms with Crippen molar-refractivity contribution in [3.63, 3.8) is 0 Å². The fourth-order valence-corrected chi connectivity index (χ4v) is 5.25. The number of hydrogen-bond acceptors (Lipinski definition) is 9. The number of hydrogen-bond donors (Lipinski definition) is 2. The van der Waals surface area contributed by atoms with Crippen LogP contribution in [0.2, 0.25) is 0 Å². The van der Waals surface area contributed by atoms with Crippen LogP contribution in [0, 0.1) is 13.8 Å². The molecule has 11 heteroatoms. The average Bonchev–Trinajstić information content (AvgIpc) is 3.58. The molecule has 3 heterocycles. The number of amides is 2. The Bertz CT molecular complexity index is 1570. The van der Waals surface area contributed by atoms with Crippen molar-refractivity contribution in [2.45, 2.75) is 45.4 Å². The van der Waals surface area contributed by atoms with Gasteiger partial charge in [-0.3, -0.25) is 9.59 Å². The lowest BCUT2D eigenvalue weighted by molar-refractivity contribution is 0.0951. The van der Waals surface area contributed by atoms with Crippen molar-refractivity contribution in [1.82, 2.24) is 20.4 Å². The van der Waals surface area contributed by atoms with E-state index < -0.39 is 0 Å². The zero-order valence-corrected chi connectivity index (χ0v) is 23.9. The van der Waals surface area contributed by atoms with Crippen LogP contribution in [0.1, 0.15) is 69.2 Å². The van der Waals surface area contributed by atoms with Crippen molar-refractivity contribution in [2.75, 3.05) is 47.8 Å². The summed E-state index contributed by atoms with van der Waals surface area (Å²) in [5.74, 6) is 1.48. The molecule has 1 saturated carbocycles. The molecule has 0 unspecified atom stereocenters. The zero-order chi connectivity index (χ0) is 29.1. The molecule has 42 heavy (non-hydrogen) atoms. The topological polar surface area (TPSA) is 130 Å².